The first-order valence-electron chi connectivity index (χ1n) is 10.3. The van der Waals surface area contributed by atoms with Gasteiger partial charge >= 0.3 is 6.18 Å². The lowest BCUT2D eigenvalue weighted by atomic mass is 10.0. The van der Waals surface area contributed by atoms with Gasteiger partial charge in [-0.2, -0.15) is 13.2 Å². The van der Waals surface area contributed by atoms with Crippen molar-refractivity contribution in [3.63, 3.8) is 0 Å². The van der Waals surface area contributed by atoms with Gasteiger partial charge in [0.05, 0.1) is 17.3 Å². The van der Waals surface area contributed by atoms with Crippen molar-refractivity contribution in [1.29, 1.82) is 0 Å². The Kier molecular flexibility index (Phi) is 6.51. The number of benzene rings is 2. The average molecular weight is 506 g/mol. The van der Waals surface area contributed by atoms with Crippen LogP contribution >= 0.6 is 22.9 Å². The molecule has 0 fully saturated rings. The number of aromatic nitrogens is 2. The lowest BCUT2D eigenvalue weighted by Crippen LogP contribution is -2.33. The third-order valence-corrected chi connectivity index (χ3v) is 6.69. The topological polar surface area (TPSA) is 64.0 Å². The summed E-state index contributed by atoms with van der Waals surface area (Å²) >= 11 is 7.37. The Morgan fingerprint density at radius 3 is 2.56 bits per heavy atom. The number of halogens is 4. The molecule has 10 heteroatoms. The minimum absolute atomic E-state index is 0.00593. The number of hydrogen-bond acceptors (Lipinski definition) is 4. The van der Waals surface area contributed by atoms with Crippen LogP contribution in [0.3, 0.4) is 0 Å². The number of nitrogens with one attached hydrogen (secondary N) is 1. The number of anilines is 1. The first kappa shape index (κ1) is 24.0. The Hall–Kier alpha value is -3.17. The Labute approximate surface area is 201 Å². The highest BCUT2D eigenvalue weighted by Crippen LogP contribution is 2.36. The second-order valence-corrected chi connectivity index (χ2v) is 9.31. The van der Waals surface area contributed by atoms with Crippen LogP contribution in [0.4, 0.5) is 18.9 Å². The Bertz CT molecular complexity index is 1430. The van der Waals surface area contributed by atoms with Crippen LogP contribution in [0.1, 0.15) is 29.8 Å². The molecule has 0 saturated carbocycles. The van der Waals surface area contributed by atoms with Gasteiger partial charge in [0.2, 0.25) is 5.91 Å². The molecular formula is C24H19ClF3N3O2S. The standard InChI is InChI=1S/C24H19ClF3N3O2S/c1-3-18(21(32)30-17-6-4-5-15(11-17)24(26,27)28)31-12-29-22-20(23(31)33)19(13(2)34-22)14-7-9-16(25)10-8-14/h4-12,18H,3H2,1-2H3,(H,30,32). The van der Waals surface area contributed by atoms with Gasteiger partial charge in [0.1, 0.15) is 10.9 Å². The second kappa shape index (κ2) is 9.23. The number of amides is 1. The van der Waals surface area contributed by atoms with Gasteiger partial charge in [0.25, 0.3) is 5.56 Å². The molecule has 0 aliphatic carbocycles. The van der Waals surface area contributed by atoms with E-state index in [1.807, 2.05) is 19.1 Å². The number of alkyl halides is 3. The fraction of sp³-hybridized carbons (Fsp3) is 0.208. The molecule has 2 aromatic carbocycles. The number of fused-ring (bicyclic) bond motifs is 1. The SMILES string of the molecule is CCC(C(=O)Nc1cccc(C(F)(F)F)c1)n1cnc2sc(C)c(-c3ccc(Cl)cc3)c2c1=O. The lowest BCUT2D eigenvalue weighted by molar-refractivity contribution is -0.137. The molecule has 5 nitrogen and oxygen atoms in total. The van der Waals surface area contributed by atoms with Crippen molar-refractivity contribution in [2.24, 2.45) is 0 Å². The van der Waals surface area contributed by atoms with Crippen LogP contribution < -0.4 is 10.9 Å². The summed E-state index contributed by atoms with van der Waals surface area (Å²) in [7, 11) is 0. The van der Waals surface area contributed by atoms with Gasteiger partial charge in [-0.3, -0.25) is 14.2 Å². The highest BCUT2D eigenvalue weighted by atomic mass is 35.5. The maximum Gasteiger partial charge on any atom is 0.416 e. The molecule has 4 rings (SSSR count). The van der Waals surface area contributed by atoms with Crippen LogP contribution in [0.5, 0.6) is 0 Å². The number of carbonyl (C=O) groups excluding carboxylic acids is 1. The summed E-state index contributed by atoms with van der Waals surface area (Å²) < 4.78 is 40.3. The first-order chi connectivity index (χ1) is 16.1. The van der Waals surface area contributed by atoms with E-state index in [-0.39, 0.29) is 12.1 Å². The summed E-state index contributed by atoms with van der Waals surface area (Å²) in [6, 6.07) is 10.5. The normalized spacial score (nSPS) is 12.6. The average Bonchev–Trinajstić information content (AvgIpc) is 3.12. The van der Waals surface area contributed by atoms with Gasteiger partial charge in [-0.05, 0) is 49.2 Å². The molecule has 2 heterocycles. The number of hydrogen-bond donors (Lipinski definition) is 1. The molecule has 1 atom stereocenters. The summed E-state index contributed by atoms with van der Waals surface area (Å²) in [5.41, 5.74) is 0.238. The van der Waals surface area contributed by atoms with E-state index in [1.54, 1.807) is 19.1 Å². The number of aryl methyl sites for hydroxylation is 1. The van der Waals surface area contributed by atoms with Gasteiger partial charge in [-0.1, -0.05) is 36.7 Å². The van der Waals surface area contributed by atoms with Crippen molar-refractivity contribution in [3.8, 4) is 11.1 Å². The first-order valence-corrected chi connectivity index (χ1v) is 11.5. The minimum Gasteiger partial charge on any atom is -0.324 e. The maximum atomic E-state index is 13.5. The van der Waals surface area contributed by atoms with Crippen LogP contribution in [-0.4, -0.2) is 15.5 Å². The Balaban J connectivity index is 1.74. The van der Waals surface area contributed by atoms with Gasteiger partial charge in [-0.15, -0.1) is 11.3 Å². The van der Waals surface area contributed by atoms with E-state index in [4.69, 9.17) is 11.6 Å². The zero-order valence-corrected chi connectivity index (χ0v) is 19.7. The molecule has 1 amide bonds. The second-order valence-electron chi connectivity index (χ2n) is 7.67. The Morgan fingerprint density at radius 1 is 1.21 bits per heavy atom. The summed E-state index contributed by atoms with van der Waals surface area (Å²) in [5.74, 6) is -0.606. The van der Waals surface area contributed by atoms with Crippen molar-refractivity contribution >= 4 is 44.7 Å². The number of thiophene rings is 1. The molecule has 0 spiro atoms. The van der Waals surface area contributed by atoms with E-state index in [0.717, 1.165) is 28.1 Å². The summed E-state index contributed by atoms with van der Waals surface area (Å²) in [5, 5.41) is 3.45. The van der Waals surface area contributed by atoms with E-state index in [0.29, 0.717) is 15.2 Å². The van der Waals surface area contributed by atoms with Crippen LogP contribution in [0.2, 0.25) is 5.02 Å². The minimum atomic E-state index is -4.54. The molecule has 176 valence electrons. The van der Waals surface area contributed by atoms with E-state index in [9.17, 15) is 22.8 Å². The van der Waals surface area contributed by atoms with E-state index < -0.39 is 29.2 Å². The fourth-order valence-corrected chi connectivity index (χ4v) is 4.94. The molecule has 0 bridgehead atoms. The molecular weight excluding hydrogens is 487 g/mol. The fourth-order valence-electron chi connectivity index (χ4n) is 3.81. The zero-order valence-electron chi connectivity index (χ0n) is 18.1. The third-order valence-electron chi connectivity index (χ3n) is 5.43. The number of carbonyl (C=O) groups is 1. The van der Waals surface area contributed by atoms with Gasteiger partial charge in [0, 0.05) is 21.2 Å². The van der Waals surface area contributed by atoms with Crippen molar-refractivity contribution in [2.75, 3.05) is 5.32 Å². The molecule has 0 aliphatic heterocycles. The molecule has 34 heavy (non-hydrogen) atoms. The largest absolute Gasteiger partial charge is 0.416 e. The summed E-state index contributed by atoms with van der Waals surface area (Å²) in [6.07, 6.45) is -2.99. The van der Waals surface area contributed by atoms with Crippen molar-refractivity contribution in [3.05, 3.63) is 80.7 Å². The highest BCUT2D eigenvalue weighted by Gasteiger charge is 2.31. The predicted molar refractivity (Wildman–Crippen MR) is 128 cm³/mol. The maximum absolute atomic E-state index is 13.5. The molecule has 4 aromatic rings. The molecule has 1 unspecified atom stereocenters. The van der Waals surface area contributed by atoms with Crippen molar-refractivity contribution in [2.45, 2.75) is 32.5 Å². The quantitative estimate of drug-likeness (QED) is 0.328. The number of rotatable bonds is 5. The van der Waals surface area contributed by atoms with Crippen molar-refractivity contribution < 1.29 is 18.0 Å². The predicted octanol–water partition coefficient (Wildman–Crippen LogP) is 6.70. The summed E-state index contributed by atoms with van der Waals surface area (Å²) in [4.78, 5) is 32.3. The van der Waals surface area contributed by atoms with E-state index >= 15 is 0 Å². The molecule has 0 radical (unpaired) electrons. The number of nitrogens with zero attached hydrogens (tertiary/aromatic N) is 2. The monoisotopic (exact) mass is 505 g/mol. The molecule has 2 aromatic heterocycles. The van der Waals surface area contributed by atoms with E-state index in [2.05, 4.69) is 10.3 Å². The van der Waals surface area contributed by atoms with Crippen LogP contribution in [0.25, 0.3) is 21.3 Å². The molecule has 0 saturated heterocycles. The van der Waals surface area contributed by atoms with Crippen LogP contribution in [-0.2, 0) is 11.0 Å². The van der Waals surface area contributed by atoms with Crippen LogP contribution in [0.15, 0.2) is 59.7 Å². The Morgan fingerprint density at radius 2 is 1.91 bits per heavy atom. The van der Waals surface area contributed by atoms with Crippen molar-refractivity contribution in [1.82, 2.24) is 9.55 Å². The highest BCUT2D eigenvalue weighted by molar-refractivity contribution is 7.19. The lowest BCUT2D eigenvalue weighted by Gasteiger charge is -2.18. The van der Waals surface area contributed by atoms with E-state index in [1.165, 1.54) is 34.4 Å². The van der Waals surface area contributed by atoms with Gasteiger partial charge in [-0.25, -0.2) is 4.98 Å². The zero-order chi connectivity index (χ0) is 24.6. The molecule has 0 aliphatic rings. The van der Waals surface area contributed by atoms with Gasteiger partial charge in [0.15, 0.2) is 0 Å². The molecule has 1 N–H and O–H groups in total. The van der Waals surface area contributed by atoms with Gasteiger partial charge < -0.3 is 5.32 Å². The third kappa shape index (κ3) is 4.58. The summed E-state index contributed by atoms with van der Waals surface area (Å²) in [6.45, 7) is 3.60. The van der Waals surface area contributed by atoms with Crippen LogP contribution in [0, 0.1) is 6.92 Å². The smallest absolute Gasteiger partial charge is 0.324 e.